The molecule has 1 rings (SSSR count). The number of hydrogen-bond donors (Lipinski definition) is 1. The maximum Gasteiger partial charge on any atom is 0.410 e. The molecule has 21 heavy (non-hydrogen) atoms. The van der Waals surface area contributed by atoms with Crippen LogP contribution in [0, 0.1) is 0 Å². The number of likely N-dealkylation sites (tertiary alicyclic amines) is 1. The average molecular weight is 299 g/mol. The standard InChI is InChI=1S/C16H33N3O2/c1-16(2,3)21-15(20)19-12-7-6-9-14(19)13-17-10-8-11-18(4)5/h14,17H,6-13H2,1-5H3. The van der Waals surface area contributed by atoms with Gasteiger partial charge in [-0.1, -0.05) is 0 Å². The first-order chi connectivity index (χ1) is 9.79. The van der Waals surface area contributed by atoms with Crippen molar-refractivity contribution in [2.75, 3.05) is 40.3 Å². The molecule has 1 aliphatic rings. The van der Waals surface area contributed by atoms with E-state index in [1.807, 2.05) is 25.7 Å². The molecule has 1 saturated heterocycles. The molecule has 0 aromatic rings. The van der Waals surface area contributed by atoms with E-state index in [2.05, 4.69) is 24.3 Å². The van der Waals surface area contributed by atoms with E-state index in [1.54, 1.807) is 0 Å². The summed E-state index contributed by atoms with van der Waals surface area (Å²) in [5.41, 5.74) is -0.418. The molecule has 0 spiro atoms. The third-order valence-corrected chi connectivity index (χ3v) is 3.59. The lowest BCUT2D eigenvalue weighted by atomic mass is 10.0. The van der Waals surface area contributed by atoms with Crippen molar-refractivity contribution in [2.45, 2.75) is 58.1 Å². The fourth-order valence-corrected chi connectivity index (χ4v) is 2.56. The van der Waals surface area contributed by atoms with Crippen LogP contribution in [0.1, 0.15) is 46.5 Å². The van der Waals surface area contributed by atoms with Crippen molar-refractivity contribution in [3.8, 4) is 0 Å². The van der Waals surface area contributed by atoms with E-state index in [-0.39, 0.29) is 12.1 Å². The maximum atomic E-state index is 12.3. The number of carbonyl (C=O) groups is 1. The Morgan fingerprint density at radius 1 is 1.33 bits per heavy atom. The number of rotatable bonds is 6. The molecule has 1 fully saturated rings. The van der Waals surface area contributed by atoms with E-state index >= 15 is 0 Å². The minimum absolute atomic E-state index is 0.165. The Morgan fingerprint density at radius 3 is 2.67 bits per heavy atom. The predicted molar refractivity (Wildman–Crippen MR) is 86.6 cm³/mol. The minimum atomic E-state index is -0.418. The van der Waals surface area contributed by atoms with Crippen molar-refractivity contribution in [2.24, 2.45) is 0 Å². The van der Waals surface area contributed by atoms with Crippen molar-refractivity contribution < 1.29 is 9.53 Å². The van der Waals surface area contributed by atoms with Crippen molar-refractivity contribution >= 4 is 6.09 Å². The minimum Gasteiger partial charge on any atom is -0.444 e. The molecular weight excluding hydrogens is 266 g/mol. The van der Waals surface area contributed by atoms with E-state index < -0.39 is 5.60 Å². The van der Waals surface area contributed by atoms with Crippen molar-refractivity contribution in [3.05, 3.63) is 0 Å². The zero-order chi connectivity index (χ0) is 15.9. The average Bonchev–Trinajstić information content (AvgIpc) is 2.36. The van der Waals surface area contributed by atoms with Gasteiger partial charge in [-0.15, -0.1) is 0 Å². The number of piperidine rings is 1. The Hall–Kier alpha value is -0.810. The third kappa shape index (κ3) is 7.67. The Kier molecular flexibility index (Phi) is 7.46. The van der Waals surface area contributed by atoms with Crippen LogP contribution in [0.2, 0.25) is 0 Å². The summed E-state index contributed by atoms with van der Waals surface area (Å²) >= 11 is 0. The second kappa shape index (κ2) is 8.59. The number of amides is 1. The highest BCUT2D eigenvalue weighted by atomic mass is 16.6. The molecule has 1 atom stereocenters. The molecule has 5 nitrogen and oxygen atoms in total. The van der Waals surface area contributed by atoms with E-state index in [4.69, 9.17) is 4.74 Å². The Bertz CT molecular complexity index is 313. The zero-order valence-electron chi connectivity index (χ0n) is 14.4. The number of nitrogens with zero attached hydrogens (tertiary/aromatic N) is 2. The van der Waals surface area contributed by atoms with Crippen LogP contribution in [-0.2, 0) is 4.74 Å². The molecule has 1 unspecified atom stereocenters. The van der Waals surface area contributed by atoms with E-state index in [0.29, 0.717) is 0 Å². The van der Waals surface area contributed by atoms with Crippen LogP contribution in [0.15, 0.2) is 0 Å². The highest BCUT2D eigenvalue weighted by Gasteiger charge is 2.29. The topological polar surface area (TPSA) is 44.8 Å². The first-order valence-electron chi connectivity index (χ1n) is 8.14. The van der Waals surface area contributed by atoms with Crippen LogP contribution in [-0.4, -0.2) is 67.8 Å². The summed E-state index contributed by atoms with van der Waals surface area (Å²) in [6.07, 6.45) is 4.31. The second-order valence-electron chi connectivity index (χ2n) is 7.18. The van der Waals surface area contributed by atoms with Crippen LogP contribution in [0.5, 0.6) is 0 Å². The van der Waals surface area contributed by atoms with Gasteiger partial charge < -0.3 is 19.9 Å². The Labute approximate surface area is 130 Å². The van der Waals surface area contributed by atoms with Crippen molar-refractivity contribution in [1.29, 1.82) is 0 Å². The first kappa shape index (κ1) is 18.2. The van der Waals surface area contributed by atoms with E-state index in [1.165, 1.54) is 6.42 Å². The predicted octanol–water partition coefficient (Wildman–Crippen LogP) is 2.32. The summed E-state index contributed by atoms with van der Waals surface area (Å²) in [4.78, 5) is 16.4. The van der Waals surface area contributed by atoms with Gasteiger partial charge in [0.15, 0.2) is 0 Å². The summed E-state index contributed by atoms with van der Waals surface area (Å²) in [5.74, 6) is 0. The molecule has 5 heteroatoms. The molecule has 0 aromatic heterocycles. The Morgan fingerprint density at radius 2 is 2.05 bits per heavy atom. The van der Waals surface area contributed by atoms with Crippen LogP contribution in [0.4, 0.5) is 4.79 Å². The molecule has 0 saturated carbocycles. The fourth-order valence-electron chi connectivity index (χ4n) is 2.56. The fraction of sp³-hybridized carbons (Fsp3) is 0.938. The molecule has 1 N–H and O–H groups in total. The van der Waals surface area contributed by atoms with Gasteiger partial charge in [-0.25, -0.2) is 4.79 Å². The van der Waals surface area contributed by atoms with Gasteiger partial charge >= 0.3 is 6.09 Å². The van der Waals surface area contributed by atoms with Gasteiger partial charge in [0.2, 0.25) is 0 Å². The molecule has 124 valence electrons. The van der Waals surface area contributed by atoms with E-state index in [0.717, 1.165) is 45.4 Å². The van der Waals surface area contributed by atoms with Gasteiger partial charge in [-0.2, -0.15) is 0 Å². The highest BCUT2D eigenvalue weighted by molar-refractivity contribution is 5.68. The second-order valence-corrected chi connectivity index (χ2v) is 7.18. The van der Waals surface area contributed by atoms with Gasteiger partial charge in [0.25, 0.3) is 0 Å². The molecule has 0 aromatic carbocycles. The van der Waals surface area contributed by atoms with Crippen molar-refractivity contribution in [3.63, 3.8) is 0 Å². The monoisotopic (exact) mass is 299 g/mol. The van der Waals surface area contributed by atoms with Gasteiger partial charge in [0.05, 0.1) is 0 Å². The van der Waals surface area contributed by atoms with Gasteiger partial charge in [0.1, 0.15) is 5.60 Å². The van der Waals surface area contributed by atoms with Crippen molar-refractivity contribution in [1.82, 2.24) is 15.1 Å². The molecule has 1 aliphatic heterocycles. The summed E-state index contributed by atoms with van der Waals surface area (Å²) in [6.45, 7) is 9.53. The molecule has 0 radical (unpaired) electrons. The molecule has 0 aliphatic carbocycles. The van der Waals surface area contributed by atoms with E-state index in [9.17, 15) is 4.79 Å². The summed E-state index contributed by atoms with van der Waals surface area (Å²) in [7, 11) is 4.18. The smallest absolute Gasteiger partial charge is 0.410 e. The highest BCUT2D eigenvalue weighted by Crippen LogP contribution is 2.19. The maximum absolute atomic E-state index is 12.3. The molecular formula is C16H33N3O2. The van der Waals surface area contributed by atoms with Crippen LogP contribution in [0.3, 0.4) is 0 Å². The Balaban J connectivity index is 2.37. The lowest BCUT2D eigenvalue weighted by molar-refractivity contribution is 0.00997. The summed E-state index contributed by atoms with van der Waals surface area (Å²) in [5, 5.41) is 3.48. The zero-order valence-corrected chi connectivity index (χ0v) is 14.4. The SMILES string of the molecule is CN(C)CCCNCC1CCCCN1C(=O)OC(C)(C)C. The number of ether oxygens (including phenoxy) is 1. The number of carbonyl (C=O) groups excluding carboxylic acids is 1. The third-order valence-electron chi connectivity index (χ3n) is 3.59. The summed E-state index contributed by atoms with van der Waals surface area (Å²) < 4.78 is 5.52. The first-order valence-corrected chi connectivity index (χ1v) is 8.14. The summed E-state index contributed by atoms with van der Waals surface area (Å²) in [6, 6.07) is 0.271. The lowest BCUT2D eigenvalue weighted by Gasteiger charge is -2.37. The van der Waals surface area contributed by atoms with Gasteiger partial charge in [-0.3, -0.25) is 0 Å². The van der Waals surface area contributed by atoms with Crippen LogP contribution >= 0.6 is 0 Å². The number of nitrogens with one attached hydrogen (secondary N) is 1. The molecule has 1 amide bonds. The van der Waals surface area contributed by atoms with Gasteiger partial charge in [-0.05, 0) is 73.6 Å². The van der Waals surface area contributed by atoms with Gasteiger partial charge in [0, 0.05) is 19.1 Å². The largest absolute Gasteiger partial charge is 0.444 e. The molecule has 0 bridgehead atoms. The lowest BCUT2D eigenvalue weighted by Crippen LogP contribution is -2.50. The van der Waals surface area contributed by atoms with Crippen LogP contribution < -0.4 is 5.32 Å². The van der Waals surface area contributed by atoms with Crippen LogP contribution in [0.25, 0.3) is 0 Å². The molecule has 1 heterocycles. The normalized spacial score (nSPS) is 19.9. The quantitative estimate of drug-likeness (QED) is 0.765. The number of hydrogen-bond acceptors (Lipinski definition) is 4.